The number of rotatable bonds is 3. The molecule has 0 saturated heterocycles. The van der Waals surface area contributed by atoms with Crippen LogP contribution in [0.25, 0.3) is 0 Å². The summed E-state index contributed by atoms with van der Waals surface area (Å²) in [5, 5.41) is 9.79. The molecule has 0 radical (unpaired) electrons. The van der Waals surface area contributed by atoms with Crippen molar-refractivity contribution in [1.29, 1.82) is 0 Å². The van der Waals surface area contributed by atoms with Crippen LogP contribution in [0.3, 0.4) is 0 Å². The Morgan fingerprint density at radius 1 is 1.67 bits per heavy atom. The molecule has 0 fully saturated rings. The largest absolute Gasteiger partial charge is 0.388 e. The molecule has 0 aromatic carbocycles. The van der Waals surface area contributed by atoms with E-state index in [9.17, 15) is 5.11 Å². The lowest BCUT2D eigenvalue weighted by Crippen LogP contribution is -2.24. The summed E-state index contributed by atoms with van der Waals surface area (Å²) in [5.74, 6) is 0.345. The summed E-state index contributed by atoms with van der Waals surface area (Å²) in [6.07, 6.45) is 3.78. The van der Waals surface area contributed by atoms with Gasteiger partial charge in [0.2, 0.25) is 0 Å². The fourth-order valence-corrected chi connectivity index (χ4v) is 1.37. The first kappa shape index (κ1) is 9.75. The summed E-state index contributed by atoms with van der Waals surface area (Å²) in [6, 6.07) is 0. The Morgan fingerprint density at radius 3 is 2.92 bits per heavy atom. The third kappa shape index (κ3) is 2.32. The van der Waals surface area contributed by atoms with Gasteiger partial charge in [-0.15, -0.1) is 0 Å². The van der Waals surface area contributed by atoms with Gasteiger partial charge in [0.1, 0.15) is 0 Å². The van der Waals surface area contributed by atoms with Gasteiger partial charge in [0.15, 0.2) is 0 Å². The van der Waals surface area contributed by atoms with E-state index >= 15 is 0 Å². The van der Waals surface area contributed by atoms with Gasteiger partial charge in [-0.1, -0.05) is 26.3 Å². The van der Waals surface area contributed by atoms with Crippen LogP contribution in [0.5, 0.6) is 0 Å². The first-order valence-electron chi connectivity index (χ1n) is 4.70. The SMILES string of the molecule is CCC(C)[C@@H](O)C1=CCCOC1. The Hall–Kier alpha value is -0.340. The molecule has 70 valence electrons. The minimum absolute atomic E-state index is 0.296. The van der Waals surface area contributed by atoms with E-state index in [1.54, 1.807) is 0 Å². The average Bonchev–Trinajstić information content (AvgIpc) is 2.17. The summed E-state index contributed by atoms with van der Waals surface area (Å²) >= 11 is 0. The Bertz CT molecular complexity index is 163. The van der Waals surface area contributed by atoms with E-state index in [-0.39, 0.29) is 6.10 Å². The highest BCUT2D eigenvalue weighted by Gasteiger charge is 2.18. The zero-order valence-electron chi connectivity index (χ0n) is 7.92. The minimum Gasteiger partial charge on any atom is -0.388 e. The second-order valence-electron chi connectivity index (χ2n) is 3.45. The molecule has 0 saturated carbocycles. The smallest absolute Gasteiger partial charge is 0.0797 e. The molecular weight excluding hydrogens is 152 g/mol. The number of hydrogen-bond donors (Lipinski definition) is 1. The molecule has 0 aliphatic carbocycles. The molecule has 0 amide bonds. The molecule has 1 heterocycles. The number of aliphatic hydroxyl groups is 1. The third-order valence-corrected chi connectivity index (χ3v) is 2.50. The topological polar surface area (TPSA) is 29.5 Å². The second-order valence-corrected chi connectivity index (χ2v) is 3.45. The van der Waals surface area contributed by atoms with E-state index in [0.29, 0.717) is 12.5 Å². The van der Waals surface area contributed by atoms with E-state index < -0.39 is 0 Å². The lowest BCUT2D eigenvalue weighted by atomic mass is 9.94. The fourth-order valence-electron chi connectivity index (χ4n) is 1.37. The van der Waals surface area contributed by atoms with Crippen molar-refractivity contribution in [1.82, 2.24) is 0 Å². The van der Waals surface area contributed by atoms with E-state index in [2.05, 4.69) is 19.9 Å². The zero-order valence-corrected chi connectivity index (χ0v) is 7.92. The van der Waals surface area contributed by atoms with Crippen LogP contribution < -0.4 is 0 Å². The van der Waals surface area contributed by atoms with Crippen molar-refractivity contribution in [3.8, 4) is 0 Å². The second kappa shape index (κ2) is 4.63. The maximum Gasteiger partial charge on any atom is 0.0797 e. The van der Waals surface area contributed by atoms with Gasteiger partial charge in [-0.3, -0.25) is 0 Å². The first-order valence-corrected chi connectivity index (χ1v) is 4.70. The Labute approximate surface area is 74.2 Å². The molecule has 2 atom stereocenters. The fraction of sp³-hybridized carbons (Fsp3) is 0.800. The van der Waals surface area contributed by atoms with E-state index in [0.717, 1.165) is 25.0 Å². The highest BCUT2D eigenvalue weighted by atomic mass is 16.5. The normalized spacial score (nSPS) is 23.1. The summed E-state index contributed by atoms with van der Waals surface area (Å²) < 4.78 is 5.27. The number of hydrogen-bond acceptors (Lipinski definition) is 2. The first-order chi connectivity index (χ1) is 5.75. The Balaban J connectivity index is 2.49. The van der Waals surface area contributed by atoms with Crippen LogP contribution in [0.2, 0.25) is 0 Å². The van der Waals surface area contributed by atoms with Crippen LogP contribution in [-0.2, 0) is 4.74 Å². The molecule has 1 unspecified atom stereocenters. The molecule has 0 aromatic heterocycles. The van der Waals surface area contributed by atoms with Crippen LogP contribution in [0.1, 0.15) is 26.7 Å². The van der Waals surface area contributed by atoms with Crippen LogP contribution in [0, 0.1) is 5.92 Å². The van der Waals surface area contributed by atoms with Gasteiger partial charge in [-0.2, -0.15) is 0 Å². The van der Waals surface area contributed by atoms with Crippen molar-refractivity contribution in [2.45, 2.75) is 32.8 Å². The van der Waals surface area contributed by atoms with Crippen molar-refractivity contribution >= 4 is 0 Å². The number of aliphatic hydroxyl groups excluding tert-OH is 1. The quantitative estimate of drug-likeness (QED) is 0.654. The highest BCUT2D eigenvalue weighted by molar-refractivity contribution is 5.11. The van der Waals surface area contributed by atoms with Crippen LogP contribution in [-0.4, -0.2) is 24.4 Å². The van der Waals surface area contributed by atoms with Crippen molar-refractivity contribution in [3.63, 3.8) is 0 Å². The molecule has 1 aliphatic heterocycles. The van der Waals surface area contributed by atoms with Crippen LogP contribution in [0.4, 0.5) is 0 Å². The molecule has 1 N–H and O–H groups in total. The summed E-state index contributed by atoms with van der Waals surface area (Å²) in [4.78, 5) is 0. The van der Waals surface area contributed by atoms with Crippen molar-refractivity contribution < 1.29 is 9.84 Å². The van der Waals surface area contributed by atoms with E-state index in [4.69, 9.17) is 4.74 Å². The summed E-state index contributed by atoms with van der Waals surface area (Å²) in [7, 11) is 0. The van der Waals surface area contributed by atoms with E-state index in [1.165, 1.54) is 0 Å². The molecule has 12 heavy (non-hydrogen) atoms. The maximum atomic E-state index is 9.79. The molecule has 0 spiro atoms. The molecular formula is C10H18O2. The Morgan fingerprint density at radius 2 is 2.42 bits per heavy atom. The minimum atomic E-state index is -0.296. The summed E-state index contributed by atoms with van der Waals surface area (Å²) in [5.41, 5.74) is 1.07. The van der Waals surface area contributed by atoms with Crippen molar-refractivity contribution in [2.24, 2.45) is 5.92 Å². The van der Waals surface area contributed by atoms with Gasteiger partial charge >= 0.3 is 0 Å². The molecule has 1 rings (SSSR count). The Kier molecular flexibility index (Phi) is 3.76. The van der Waals surface area contributed by atoms with Gasteiger partial charge in [0.25, 0.3) is 0 Å². The number of ether oxygens (including phenoxy) is 1. The highest BCUT2D eigenvalue weighted by Crippen LogP contribution is 2.18. The lowest BCUT2D eigenvalue weighted by molar-refractivity contribution is 0.0938. The van der Waals surface area contributed by atoms with Crippen molar-refractivity contribution in [3.05, 3.63) is 11.6 Å². The molecule has 1 aliphatic rings. The standard InChI is InChI=1S/C10H18O2/c1-3-8(2)10(11)9-5-4-6-12-7-9/h5,8,10-11H,3-4,6-7H2,1-2H3/t8?,10-/m1/s1. The van der Waals surface area contributed by atoms with Gasteiger partial charge < -0.3 is 9.84 Å². The predicted octanol–water partition coefficient (Wildman–Crippen LogP) is 1.74. The van der Waals surface area contributed by atoms with Gasteiger partial charge in [-0.25, -0.2) is 0 Å². The van der Waals surface area contributed by atoms with Crippen molar-refractivity contribution in [2.75, 3.05) is 13.2 Å². The molecule has 0 bridgehead atoms. The van der Waals surface area contributed by atoms with E-state index in [1.807, 2.05) is 0 Å². The molecule has 2 nitrogen and oxygen atoms in total. The molecule has 2 heteroatoms. The van der Waals surface area contributed by atoms with Crippen LogP contribution >= 0.6 is 0 Å². The zero-order chi connectivity index (χ0) is 8.97. The van der Waals surface area contributed by atoms with Gasteiger partial charge in [-0.05, 0) is 17.9 Å². The van der Waals surface area contributed by atoms with Crippen LogP contribution in [0.15, 0.2) is 11.6 Å². The molecule has 0 aromatic rings. The third-order valence-electron chi connectivity index (χ3n) is 2.50. The lowest BCUT2D eigenvalue weighted by Gasteiger charge is -2.23. The maximum absolute atomic E-state index is 9.79. The monoisotopic (exact) mass is 170 g/mol. The predicted molar refractivity (Wildman–Crippen MR) is 49.0 cm³/mol. The average molecular weight is 170 g/mol. The summed E-state index contributed by atoms with van der Waals surface area (Å²) in [6.45, 7) is 5.58. The van der Waals surface area contributed by atoms with Gasteiger partial charge in [0, 0.05) is 0 Å². The van der Waals surface area contributed by atoms with Gasteiger partial charge in [0.05, 0.1) is 19.3 Å².